The number of benzene rings is 1. The number of nitrogens with zero attached hydrogens (tertiary/aromatic N) is 4. The van der Waals surface area contributed by atoms with Crippen molar-refractivity contribution in [2.45, 2.75) is 6.54 Å². The molecule has 9 heteroatoms. The molecule has 128 valence electrons. The van der Waals surface area contributed by atoms with Crippen molar-refractivity contribution in [2.24, 2.45) is 7.05 Å². The lowest BCUT2D eigenvalue weighted by atomic mass is 10.2. The smallest absolute Gasteiger partial charge is 0.277 e. The Labute approximate surface area is 140 Å². The van der Waals surface area contributed by atoms with Crippen LogP contribution in [0, 0.1) is 5.82 Å². The first-order valence-electron chi connectivity index (χ1n) is 7.44. The third-order valence-corrected chi connectivity index (χ3v) is 3.66. The van der Waals surface area contributed by atoms with Crippen molar-refractivity contribution < 1.29 is 9.18 Å². The molecule has 3 aromatic rings. The van der Waals surface area contributed by atoms with E-state index in [1.165, 1.54) is 22.8 Å². The van der Waals surface area contributed by atoms with Gasteiger partial charge in [0.2, 0.25) is 0 Å². The van der Waals surface area contributed by atoms with Crippen molar-refractivity contribution in [1.82, 2.24) is 24.9 Å². The van der Waals surface area contributed by atoms with E-state index in [2.05, 4.69) is 15.6 Å². The molecule has 0 atom stereocenters. The van der Waals surface area contributed by atoms with Crippen LogP contribution >= 0.6 is 0 Å². The topological polar surface area (TPSA) is 98.9 Å². The summed E-state index contributed by atoms with van der Waals surface area (Å²) in [4.78, 5) is 36.2. The van der Waals surface area contributed by atoms with E-state index in [4.69, 9.17) is 0 Å². The maximum Gasteiger partial charge on any atom is 0.277 e. The number of halogens is 1. The van der Waals surface area contributed by atoms with Crippen molar-refractivity contribution >= 4 is 16.8 Å². The summed E-state index contributed by atoms with van der Waals surface area (Å²) in [5, 5.41) is 10.3. The fourth-order valence-electron chi connectivity index (χ4n) is 2.34. The van der Waals surface area contributed by atoms with E-state index in [0.29, 0.717) is 5.52 Å². The molecule has 8 nitrogen and oxygen atoms in total. The van der Waals surface area contributed by atoms with Crippen LogP contribution in [-0.4, -0.2) is 32.0 Å². The Bertz CT molecular complexity index is 1070. The number of carbonyl (C=O) groups excluding carboxylic acids is 1. The number of fused-ring (bicyclic) bond motifs is 1. The average molecular weight is 343 g/mol. The van der Waals surface area contributed by atoms with E-state index < -0.39 is 22.8 Å². The van der Waals surface area contributed by atoms with Gasteiger partial charge in [-0.1, -0.05) is 5.21 Å². The molecule has 0 saturated heterocycles. The summed E-state index contributed by atoms with van der Waals surface area (Å²) in [7, 11) is 1.54. The fourth-order valence-corrected chi connectivity index (χ4v) is 2.34. The molecule has 0 bridgehead atoms. The SMILES string of the molecule is Cn1cccc(C(=O)NCCn2nnc3ccc(F)cc3c2=O)c1=O. The largest absolute Gasteiger partial charge is 0.350 e. The minimum atomic E-state index is -0.547. The van der Waals surface area contributed by atoms with Crippen molar-refractivity contribution in [3.8, 4) is 0 Å². The van der Waals surface area contributed by atoms with Crippen LogP contribution in [0.4, 0.5) is 4.39 Å². The molecule has 0 aliphatic heterocycles. The number of nitrogens with one attached hydrogen (secondary N) is 1. The lowest BCUT2D eigenvalue weighted by Gasteiger charge is -2.07. The van der Waals surface area contributed by atoms with Gasteiger partial charge in [0, 0.05) is 19.8 Å². The summed E-state index contributed by atoms with van der Waals surface area (Å²) in [5.41, 5.74) is -0.629. The lowest BCUT2D eigenvalue weighted by molar-refractivity contribution is 0.0949. The Balaban J connectivity index is 1.74. The molecule has 0 radical (unpaired) electrons. The predicted molar refractivity (Wildman–Crippen MR) is 87.8 cm³/mol. The van der Waals surface area contributed by atoms with E-state index in [9.17, 15) is 18.8 Å². The monoisotopic (exact) mass is 343 g/mol. The minimum absolute atomic E-state index is 0.00372. The Morgan fingerprint density at radius 3 is 2.84 bits per heavy atom. The number of carbonyl (C=O) groups is 1. The predicted octanol–water partition coefficient (Wildman–Crippen LogP) is 0.0593. The van der Waals surface area contributed by atoms with Gasteiger partial charge < -0.3 is 9.88 Å². The zero-order chi connectivity index (χ0) is 18.0. The highest BCUT2D eigenvalue weighted by Gasteiger charge is 2.11. The first kappa shape index (κ1) is 16.5. The van der Waals surface area contributed by atoms with Gasteiger partial charge in [-0.25, -0.2) is 9.07 Å². The molecule has 0 fully saturated rings. The van der Waals surface area contributed by atoms with Crippen LogP contribution in [0.1, 0.15) is 10.4 Å². The van der Waals surface area contributed by atoms with Gasteiger partial charge in [0.15, 0.2) is 0 Å². The molecule has 1 amide bonds. The van der Waals surface area contributed by atoms with Crippen LogP contribution in [0.3, 0.4) is 0 Å². The van der Waals surface area contributed by atoms with Crippen LogP contribution in [0.15, 0.2) is 46.1 Å². The summed E-state index contributed by atoms with van der Waals surface area (Å²) in [6.07, 6.45) is 1.54. The van der Waals surface area contributed by atoms with Gasteiger partial charge in [0.1, 0.15) is 16.9 Å². The summed E-state index contributed by atoms with van der Waals surface area (Å²) in [5.74, 6) is -1.09. The van der Waals surface area contributed by atoms with Crippen molar-refractivity contribution in [3.05, 3.63) is 68.6 Å². The fraction of sp³-hybridized carbons (Fsp3) is 0.188. The van der Waals surface area contributed by atoms with Gasteiger partial charge in [0.05, 0.1) is 11.9 Å². The molecular formula is C16H14FN5O3. The van der Waals surface area contributed by atoms with Crippen LogP contribution in [0.2, 0.25) is 0 Å². The van der Waals surface area contributed by atoms with Crippen molar-refractivity contribution in [3.63, 3.8) is 0 Å². The highest BCUT2D eigenvalue weighted by atomic mass is 19.1. The number of aromatic nitrogens is 4. The number of amides is 1. The molecule has 2 aromatic heterocycles. The highest BCUT2D eigenvalue weighted by Crippen LogP contribution is 2.07. The maximum absolute atomic E-state index is 13.3. The van der Waals surface area contributed by atoms with E-state index in [1.807, 2.05) is 0 Å². The number of hydrogen-bond acceptors (Lipinski definition) is 5. The van der Waals surface area contributed by atoms with Crippen molar-refractivity contribution in [1.29, 1.82) is 0 Å². The molecule has 0 aliphatic rings. The van der Waals surface area contributed by atoms with Gasteiger partial charge in [-0.3, -0.25) is 14.4 Å². The summed E-state index contributed by atoms with van der Waals surface area (Å²) < 4.78 is 15.6. The third kappa shape index (κ3) is 3.30. The number of aryl methyl sites for hydroxylation is 1. The van der Waals surface area contributed by atoms with Gasteiger partial charge >= 0.3 is 0 Å². The van der Waals surface area contributed by atoms with Gasteiger partial charge in [-0.2, -0.15) is 0 Å². The quantitative estimate of drug-likeness (QED) is 0.722. The number of rotatable bonds is 4. The Morgan fingerprint density at radius 2 is 2.04 bits per heavy atom. The lowest BCUT2D eigenvalue weighted by Crippen LogP contribution is -2.35. The third-order valence-electron chi connectivity index (χ3n) is 3.66. The Morgan fingerprint density at radius 1 is 1.24 bits per heavy atom. The van der Waals surface area contributed by atoms with Crippen LogP contribution in [-0.2, 0) is 13.6 Å². The number of pyridine rings is 1. The van der Waals surface area contributed by atoms with E-state index in [-0.39, 0.29) is 24.0 Å². The normalized spacial score (nSPS) is 10.8. The molecule has 0 saturated carbocycles. The molecular weight excluding hydrogens is 329 g/mol. The van der Waals surface area contributed by atoms with Gasteiger partial charge in [-0.15, -0.1) is 5.10 Å². The second-order valence-electron chi connectivity index (χ2n) is 5.37. The summed E-state index contributed by atoms with van der Waals surface area (Å²) >= 11 is 0. The second-order valence-corrected chi connectivity index (χ2v) is 5.37. The standard InChI is InChI=1S/C16H14FN5O3/c1-21-7-2-3-11(15(21)24)14(23)18-6-8-22-16(25)12-9-10(17)4-5-13(12)19-20-22/h2-5,7,9H,6,8H2,1H3,(H,18,23). The molecule has 3 rings (SSSR count). The molecule has 1 N–H and O–H groups in total. The Kier molecular flexibility index (Phi) is 4.38. The highest BCUT2D eigenvalue weighted by molar-refractivity contribution is 5.93. The zero-order valence-electron chi connectivity index (χ0n) is 13.3. The molecule has 0 unspecified atom stereocenters. The minimum Gasteiger partial charge on any atom is -0.350 e. The molecule has 0 aliphatic carbocycles. The van der Waals surface area contributed by atoms with Crippen LogP contribution in [0.5, 0.6) is 0 Å². The van der Waals surface area contributed by atoms with Gasteiger partial charge in [-0.05, 0) is 30.3 Å². The molecule has 2 heterocycles. The molecule has 1 aromatic carbocycles. The van der Waals surface area contributed by atoms with E-state index in [1.54, 1.807) is 19.3 Å². The van der Waals surface area contributed by atoms with Crippen molar-refractivity contribution in [2.75, 3.05) is 6.54 Å². The van der Waals surface area contributed by atoms with E-state index in [0.717, 1.165) is 10.7 Å². The van der Waals surface area contributed by atoms with Crippen LogP contribution < -0.4 is 16.4 Å². The first-order chi connectivity index (χ1) is 12.0. The maximum atomic E-state index is 13.3. The molecule has 25 heavy (non-hydrogen) atoms. The number of hydrogen-bond donors (Lipinski definition) is 1. The zero-order valence-corrected chi connectivity index (χ0v) is 13.3. The second kappa shape index (κ2) is 6.63. The van der Waals surface area contributed by atoms with Crippen LogP contribution in [0.25, 0.3) is 10.9 Å². The van der Waals surface area contributed by atoms with E-state index >= 15 is 0 Å². The average Bonchev–Trinajstić information content (AvgIpc) is 2.59. The summed E-state index contributed by atoms with van der Waals surface area (Å²) in [6, 6.07) is 6.67. The first-order valence-corrected chi connectivity index (χ1v) is 7.44. The van der Waals surface area contributed by atoms with Gasteiger partial charge in [0.25, 0.3) is 17.0 Å². The molecule has 0 spiro atoms. The summed E-state index contributed by atoms with van der Waals surface area (Å²) in [6.45, 7) is 0.101. The Hall–Kier alpha value is -3.36.